The molecular formula is C27H41O2P. The Hall–Kier alpha value is -1.66. The second kappa shape index (κ2) is 13.6. The van der Waals surface area contributed by atoms with Crippen molar-refractivity contribution in [2.45, 2.75) is 83.7 Å². The summed E-state index contributed by atoms with van der Waals surface area (Å²) >= 11 is 0. The fourth-order valence-corrected chi connectivity index (χ4v) is 10.0. The zero-order valence-electron chi connectivity index (χ0n) is 19.0. The Kier molecular flexibility index (Phi) is 11.2. The van der Waals surface area contributed by atoms with E-state index in [4.69, 9.17) is 5.11 Å². The van der Waals surface area contributed by atoms with Crippen LogP contribution in [-0.4, -0.2) is 22.9 Å². The van der Waals surface area contributed by atoms with Gasteiger partial charge in [-0.25, -0.2) is 0 Å². The van der Waals surface area contributed by atoms with Crippen molar-refractivity contribution < 1.29 is 9.90 Å². The zero-order valence-corrected chi connectivity index (χ0v) is 20.0. The number of carboxylic acid groups (broad SMARTS) is 1. The summed E-state index contributed by atoms with van der Waals surface area (Å²) in [5.41, 5.74) is 0.674. The van der Waals surface area contributed by atoms with Crippen LogP contribution in [0.5, 0.6) is 0 Å². The van der Waals surface area contributed by atoms with Gasteiger partial charge in [0.05, 0.1) is 0 Å². The van der Waals surface area contributed by atoms with E-state index >= 15 is 0 Å². The fraction of sp³-hybridized carbons (Fsp3) is 0.519. The van der Waals surface area contributed by atoms with Crippen molar-refractivity contribution in [1.82, 2.24) is 0 Å². The molecule has 0 aliphatic heterocycles. The molecule has 0 aliphatic rings. The molecule has 0 aliphatic carbocycles. The molecule has 3 heteroatoms. The van der Waals surface area contributed by atoms with Crippen LogP contribution in [0, 0.1) is 0 Å². The standard InChI is InChI=1S/C27H41O2P/c1-24(2)30(25-18-12-10-13-19-25,26-20-14-11-15-21-26)23-17-9-7-5-3-4-6-8-16-22-27(28)29/h10-15,18-21,24,30H,3-9,16-17,22-23H2,1-2H3,(H,28,29). The van der Waals surface area contributed by atoms with Crippen molar-refractivity contribution in [3.05, 3.63) is 60.7 Å². The summed E-state index contributed by atoms with van der Waals surface area (Å²) < 4.78 is 0. The van der Waals surface area contributed by atoms with E-state index in [2.05, 4.69) is 74.5 Å². The van der Waals surface area contributed by atoms with Crippen molar-refractivity contribution in [2.75, 3.05) is 6.16 Å². The predicted octanol–water partition coefficient (Wildman–Crippen LogP) is 6.78. The molecule has 2 aromatic rings. The topological polar surface area (TPSA) is 37.3 Å². The number of aliphatic carboxylic acids is 1. The Morgan fingerprint density at radius 3 is 1.50 bits per heavy atom. The molecule has 0 saturated carbocycles. The molecule has 30 heavy (non-hydrogen) atoms. The van der Waals surface area contributed by atoms with Crippen molar-refractivity contribution >= 4 is 23.8 Å². The van der Waals surface area contributed by atoms with Crippen LogP contribution in [0.15, 0.2) is 60.7 Å². The number of hydrogen-bond donors (Lipinski definition) is 1. The minimum absolute atomic E-state index is 0.324. The van der Waals surface area contributed by atoms with Gasteiger partial charge in [-0.15, -0.1) is 0 Å². The maximum atomic E-state index is 10.5. The van der Waals surface area contributed by atoms with E-state index in [9.17, 15) is 4.79 Å². The minimum atomic E-state index is -1.77. The Morgan fingerprint density at radius 2 is 1.10 bits per heavy atom. The first kappa shape index (κ1) is 24.6. The predicted molar refractivity (Wildman–Crippen MR) is 134 cm³/mol. The van der Waals surface area contributed by atoms with Gasteiger partial charge in [-0.1, -0.05) is 0 Å². The molecule has 166 valence electrons. The van der Waals surface area contributed by atoms with Crippen LogP contribution in [0.4, 0.5) is 0 Å². The number of unbranched alkanes of at least 4 members (excludes halogenated alkanes) is 8. The van der Waals surface area contributed by atoms with Gasteiger partial charge in [-0.2, -0.15) is 0 Å². The molecule has 0 aromatic heterocycles. The van der Waals surface area contributed by atoms with Gasteiger partial charge in [-0.3, -0.25) is 4.79 Å². The van der Waals surface area contributed by atoms with Crippen LogP contribution in [0.25, 0.3) is 0 Å². The summed E-state index contributed by atoms with van der Waals surface area (Å²) in [5.74, 6) is -0.665. The third kappa shape index (κ3) is 7.55. The van der Waals surface area contributed by atoms with Gasteiger partial charge in [0.25, 0.3) is 0 Å². The molecule has 0 unspecified atom stereocenters. The molecule has 0 saturated heterocycles. The van der Waals surface area contributed by atoms with Gasteiger partial charge in [0, 0.05) is 0 Å². The molecule has 0 radical (unpaired) electrons. The average molecular weight is 429 g/mol. The van der Waals surface area contributed by atoms with Gasteiger partial charge in [0.15, 0.2) is 0 Å². The molecule has 1 N–H and O–H groups in total. The summed E-state index contributed by atoms with van der Waals surface area (Å²) in [5, 5.41) is 11.8. The fourth-order valence-electron chi connectivity index (χ4n) is 4.80. The molecule has 2 rings (SSSR count). The number of carboxylic acids is 1. The zero-order chi connectivity index (χ0) is 21.7. The molecule has 2 nitrogen and oxygen atoms in total. The second-order valence-electron chi connectivity index (χ2n) is 8.93. The molecule has 2 aromatic carbocycles. The molecule has 0 atom stereocenters. The first-order valence-electron chi connectivity index (χ1n) is 11.9. The van der Waals surface area contributed by atoms with Crippen LogP contribution >= 0.6 is 7.26 Å². The van der Waals surface area contributed by atoms with E-state index in [1.165, 1.54) is 51.1 Å². The van der Waals surface area contributed by atoms with Crippen LogP contribution in [0.3, 0.4) is 0 Å². The van der Waals surface area contributed by atoms with E-state index < -0.39 is 13.2 Å². The average Bonchev–Trinajstić information content (AvgIpc) is 2.75. The van der Waals surface area contributed by atoms with Crippen LogP contribution in [0.2, 0.25) is 0 Å². The van der Waals surface area contributed by atoms with Crippen molar-refractivity contribution in [3.8, 4) is 0 Å². The Labute approximate surface area is 184 Å². The van der Waals surface area contributed by atoms with Crippen molar-refractivity contribution in [3.63, 3.8) is 0 Å². The van der Waals surface area contributed by atoms with Gasteiger partial charge >= 0.3 is 174 Å². The molecule has 0 spiro atoms. The Morgan fingerprint density at radius 1 is 0.700 bits per heavy atom. The second-order valence-corrected chi connectivity index (χ2v) is 13.7. The summed E-state index contributed by atoms with van der Waals surface area (Å²) in [6.07, 6.45) is 12.5. The Bertz CT molecular complexity index is 673. The molecule has 0 bridgehead atoms. The van der Waals surface area contributed by atoms with E-state index in [1.54, 1.807) is 10.6 Å². The summed E-state index contributed by atoms with van der Waals surface area (Å²) in [7, 11) is -1.77. The van der Waals surface area contributed by atoms with E-state index in [-0.39, 0.29) is 0 Å². The van der Waals surface area contributed by atoms with E-state index in [0.29, 0.717) is 12.1 Å². The summed E-state index contributed by atoms with van der Waals surface area (Å²) in [6.45, 7) is 4.85. The maximum absolute atomic E-state index is 10.5. The molecule has 0 amide bonds. The third-order valence-electron chi connectivity index (χ3n) is 6.53. The number of hydrogen-bond acceptors (Lipinski definition) is 1. The van der Waals surface area contributed by atoms with Crippen LogP contribution < -0.4 is 10.6 Å². The SMILES string of the molecule is CC(C)[PH](CCCCCCCCCCCC(=O)O)(c1ccccc1)c1ccccc1. The Balaban J connectivity index is 1.83. The van der Waals surface area contributed by atoms with Gasteiger partial charge in [0.2, 0.25) is 0 Å². The number of rotatable bonds is 15. The van der Waals surface area contributed by atoms with E-state index in [1.807, 2.05) is 0 Å². The quantitative estimate of drug-likeness (QED) is 0.251. The monoisotopic (exact) mass is 428 g/mol. The number of carbonyl (C=O) groups is 1. The summed E-state index contributed by atoms with van der Waals surface area (Å²) in [4.78, 5) is 10.5. The van der Waals surface area contributed by atoms with Crippen molar-refractivity contribution in [1.29, 1.82) is 0 Å². The molecular weight excluding hydrogens is 387 g/mol. The van der Waals surface area contributed by atoms with Crippen molar-refractivity contribution in [2.24, 2.45) is 0 Å². The first-order chi connectivity index (χ1) is 14.6. The van der Waals surface area contributed by atoms with Gasteiger partial charge in [0.1, 0.15) is 0 Å². The first-order valence-corrected chi connectivity index (χ1v) is 14.2. The molecule has 0 fully saturated rings. The number of benzene rings is 2. The van der Waals surface area contributed by atoms with E-state index in [0.717, 1.165) is 12.8 Å². The van der Waals surface area contributed by atoms with Gasteiger partial charge in [-0.05, 0) is 0 Å². The summed E-state index contributed by atoms with van der Waals surface area (Å²) in [6, 6.07) is 22.6. The third-order valence-corrected chi connectivity index (χ3v) is 12.4. The van der Waals surface area contributed by atoms with Crippen LogP contribution in [-0.2, 0) is 4.79 Å². The van der Waals surface area contributed by atoms with Crippen LogP contribution in [0.1, 0.15) is 78.1 Å². The van der Waals surface area contributed by atoms with Gasteiger partial charge < -0.3 is 5.11 Å². The normalized spacial score (nSPS) is 12.2. The molecule has 0 heterocycles.